The highest BCUT2D eigenvalue weighted by Crippen LogP contribution is 2.28. The van der Waals surface area contributed by atoms with E-state index in [9.17, 15) is 31.5 Å². The van der Waals surface area contributed by atoms with Crippen LogP contribution in [0.2, 0.25) is 5.02 Å². The lowest BCUT2D eigenvalue weighted by molar-refractivity contribution is -0.154. The topological polar surface area (TPSA) is 92.4 Å². The van der Waals surface area contributed by atoms with Crippen LogP contribution in [0.3, 0.4) is 0 Å². The number of amides is 3. The number of nitrogens with zero attached hydrogens (tertiary/aromatic N) is 1. The maximum absolute atomic E-state index is 13.9. The Bertz CT molecular complexity index is 1000. The van der Waals surface area contributed by atoms with Crippen LogP contribution in [0.15, 0.2) is 30.3 Å². The van der Waals surface area contributed by atoms with Gasteiger partial charge in [0.15, 0.2) is 12.4 Å². The summed E-state index contributed by atoms with van der Waals surface area (Å²) in [6, 6.07) is 2.70. The fourth-order valence-electron chi connectivity index (χ4n) is 2.73. The van der Waals surface area contributed by atoms with Gasteiger partial charge in [0, 0.05) is 6.54 Å². The molecule has 0 aliphatic carbocycles. The van der Waals surface area contributed by atoms with Gasteiger partial charge in [0.25, 0.3) is 5.88 Å². The lowest BCUT2D eigenvalue weighted by atomic mass is 10.0. The molecule has 1 fully saturated rings. The van der Waals surface area contributed by atoms with E-state index in [1.165, 1.54) is 12.1 Å². The Morgan fingerprint density at radius 1 is 1.26 bits per heavy atom. The Hall–Kier alpha value is -3.15. The maximum Gasteiger partial charge on any atom is 0.422 e. The minimum absolute atomic E-state index is 0.0155. The third kappa shape index (κ3) is 5.72. The Morgan fingerprint density at radius 2 is 1.97 bits per heavy atom. The first kappa shape index (κ1) is 22.5. The minimum Gasteiger partial charge on any atom is -0.466 e. The van der Waals surface area contributed by atoms with E-state index in [0.717, 1.165) is 18.2 Å². The Balaban J connectivity index is 1.94. The number of pyridine rings is 1. The number of rotatable bonds is 6. The number of ether oxygens (including phenoxy) is 1. The molecule has 3 amide bonds. The second-order valence-corrected chi connectivity index (χ2v) is 6.86. The van der Waals surface area contributed by atoms with E-state index in [1.54, 1.807) is 0 Å². The first-order chi connectivity index (χ1) is 14.5. The smallest absolute Gasteiger partial charge is 0.422 e. The third-order valence-electron chi connectivity index (χ3n) is 4.16. The molecule has 13 heteroatoms. The number of nitrogens with one attached hydrogen (secondary N) is 3. The summed E-state index contributed by atoms with van der Waals surface area (Å²) < 4.78 is 69.2. The van der Waals surface area contributed by atoms with Gasteiger partial charge in [0.05, 0.1) is 16.8 Å². The van der Waals surface area contributed by atoms with E-state index in [4.69, 9.17) is 11.6 Å². The van der Waals surface area contributed by atoms with Gasteiger partial charge in [-0.25, -0.2) is 18.6 Å². The highest BCUT2D eigenvalue weighted by molar-refractivity contribution is 6.30. The van der Waals surface area contributed by atoms with Crippen LogP contribution in [-0.4, -0.2) is 42.3 Å². The van der Waals surface area contributed by atoms with Crippen LogP contribution in [0.25, 0.3) is 0 Å². The quantitative estimate of drug-likeness (QED) is 0.573. The number of benzene rings is 1. The Morgan fingerprint density at radius 3 is 2.58 bits per heavy atom. The lowest BCUT2D eigenvalue weighted by Crippen LogP contribution is -2.44. The Labute approximate surface area is 176 Å². The summed E-state index contributed by atoms with van der Waals surface area (Å²) in [5, 5.41) is 7.01. The number of halogens is 6. The van der Waals surface area contributed by atoms with E-state index in [2.05, 4.69) is 25.7 Å². The molecule has 3 rings (SSSR count). The zero-order valence-electron chi connectivity index (χ0n) is 15.4. The standard InChI is InChI=1S/C18H14ClF5N4O3/c19-9-5-8(1-2-10(9)20)14(28-15(29)13-6-25-17(30)27-13)12-4-3-11(21)16(26-12)31-7-18(22,23)24/h1-5,13-14H,6-7H2,(H,28,29)(H2,25,27,30)/t13-,14?/m0/s1. The van der Waals surface area contributed by atoms with Crippen molar-refractivity contribution in [1.82, 2.24) is 20.9 Å². The average Bonchev–Trinajstić information content (AvgIpc) is 3.13. The molecule has 1 aromatic carbocycles. The van der Waals surface area contributed by atoms with Gasteiger partial charge < -0.3 is 20.7 Å². The summed E-state index contributed by atoms with van der Waals surface area (Å²) in [5.74, 6) is -3.50. The monoisotopic (exact) mass is 464 g/mol. The first-order valence-electron chi connectivity index (χ1n) is 8.69. The van der Waals surface area contributed by atoms with Gasteiger partial charge in [-0.15, -0.1) is 0 Å². The van der Waals surface area contributed by atoms with Gasteiger partial charge in [-0.2, -0.15) is 13.2 Å². The van der Waals surface area contributed by atoms with Crippen molar-refractivity contribution >= 4 is 23.5 Å². The third-order valence-corrected chi connectivity index (χ3v) is 4.45. The fraction of sp³-hybridized carbons (Fsp3) is 0.278. The minimum atomic E-state index is -4.73. The predicted molar refractivity (Wildman–Crippen MR) is 97.5 cm³/mol. The maximum atomic E-state index is 13.9. The molecule has 0 bridgehead atoms. The van der Waals surface area contributed by atoms with Gasteiger partial charge >= 0.3 is 12.2 Å². The summed E-state index contributed by atoms with van der Waals surface area (Å²) in [6.45, 7) is -1.79. The number of aromatic nitrogens is 1. The number of carbonyl (C=O) groups is 2. The largest absolute Gasteiger partial charge is 0.466 e. The van der Waals surface area contributed by atoms with Crippen molar-refractivity contribution in [3.05, 3.63) is 58.2 Å². The predicted octanol–water partition coefficient (Wildman–Crippen LogP) is 2.84. The summed E-state index contributed by atoms with van der Waals surface area (Å²) >= 11 is 5.80. The van der Waals surface area contributed by atoms with E-state index in [0.29, 0.717) is 0 Å². The number of alkyl halides is 3. The average molecular weight is 465 g/mol. The fourth-order valence-corrected chi connectivity index (χ4v) is 2.92. The van der Waals surface area contributed by atoms with Crippen LogP contribution in [0, 0.1) is 11.6 Å². The van der Waals surface area contributed by atoms with Gasteiger partial charge in [-0.3, -0.25) is 4.79 Å². The molecule has 1 unspecified atom stereocenters. The van der Waals surface area contributed by atoms with Crippen molar-refractivity contribution in [2.45, 2.75) is 18.3 Å². The van der Waals surface area contributed by atoms with E-state index >= 15 is 0 Å². The lowest BCUT2D eigenvalue weighted by Gasteiger charge is -2.22. The molecule has 0 saturated carbocycles. The summed E-state index contributed by atoms with van der Waals surface area (Å²) in [7, 11) is 0. The second kappa shape index (κ2) is 8.92. The molecule has 0 radical (unpaired) electrons. The summed E-state index contributed by atoms with van der Waals surface area (Å²) in [5.41, 5.74) is 0.102. The molecule has 7 nitrogen and oxygen atoms in total. The van der Waals surface area contributed by atoms with Crippen molar-refractivity contribution in [3.63, 3.8) is 0 Å². The van der Waals surface area contributed by atoms with E-state index in [1.807, 2.05) is 0 Å². The van der Waals surface area contributed by atoms with Gasteiger partial charge in [0.1, 0.15) is 11.9 Å². The first-order valence-corrected chi connectivity index (χ1v) is 9.07. The molecule has 2 atom stereocenters. The zero-order valence-corrected chi connectivity index (χ0v) is 16.2. The van der Waals surface area contributed by atoms with E-state index in [-0.39, 0.29) is 22.8 Å². The Kier molecular flexibility index (Phi) is 6.48. The van der Waals surface area contributed by atoms with Gasteiger partial charge in [-0.1, -0.05) is 17.7 Å². The van der Waals surface area contributed by atoms with Crippen molar-refractivity contribution in [1.29, 1.82) is 0 Å². The van der Waals surface area contributed by atoms with Gasteiger partial charge in [-0.05, 0) is 29.8 Å². The highest BCUT2D eigenvalue weighted by Gasteiger charge is 2.31. The van der Waals surface area contributed by atoms with Gasteiger partial charge in [0.2, 0.25) is 5.91 Å². The second-order valence-electron chi connectivity index (χ2n) is 6.45. The van der Waals surface area contributed by atoms with Crippen molar-refractivity contribution in [2.75, 3.05) is 13.2 Å². The molecular formula is C18H14ClF5N4O3. The summed E-state index contributed by atoms with van der Waals surface area (Å²) in [4.78, 5) is 27.6. The van der Waals surface area contributed by atoms with Crippen molar-refractivity contribution < 1.29 is 36.3 Å². The molecule has 1 aliphatic rings. The molecule has 166 valence electrons. The zero-order chi connectivity index (χ0) is 22.8. The molecule has 3 N–H and O–H groups in total. The molecule has 0 spiro atoms. The SMILES string of the molecule is O=C1NC[C@@H](C(=O)NC(c2ccc(F)c(Cl)c2)c2ccc(F)c(OCC(F)(F)F)n2)N1. The number of carbonyl (C=O) groups excluding carboxylic acids is 2. The van der Waals surface area contributed by atoms with Crippen LogP contribution in [0.4, 0.5) is 26.7 Å². The number of urea groups is 1. The highest BCUT2D eigenvalue weighted by atomic mass is 35.5. The van der Waals surface area contributed by atoms with Crippen molar-refractivity contribution in [3.8, 4) is 5.88 Å². The van der Waals surface area contributed by atoms with Crippen LogP contribution < -0.4 is 20.7 Å². The number of hydrogen-bond donors (Lipinski definition) is 3. The van der Waals surface area contributed by atoms with Crippen LogP contribution in [0.1, 0.15) is 17.3 Å². The molecule has 1 saturated heterocycles. The molecule has 2 aromatic rings. The normalized spacial score (nSPS) is 17.0. The van der Waals surface area contributed by atoms with Crippen LogP contribution >= 0.6 is 11.6 Å². The van der Waals surface area contributed by atoms with Crippen molar-refractivity contribution in [2.24, 2.45) is 0 Å². The molecular weight excluding hydrogens is 451 g/mol. The van der Waals surface area contributed by atoms with Crippen LogP contribution in [-0.2, 0) is 4.79 Å². The molecule has 2 heterocycles. The summed E-state index contributed by atoms with van der Waals surface area (Å²) in [6.07, 6.45) is -4.73. The number of hydrogen-bond acceptors (Lipinski definition) is 4. The molecule has 31 heavy (non-hydrogen) atoms. The van der Waals surface area contributed by atoms with E-state index < -0.39 is 54.3 Å². The van der Waals surface area contributed by atoms with Crippen LogP contribution in [0.5, 0.6) is 5.88 Å². The molecule has 1 aromatic heterocycles. The molecule has 1 aliphatic heterocycles.